The number of fused-ring (bicyclic) bond motifs is 4. The first kappa shape index (κ1) is 17.0. The second-order valence-electron chi connectivity index (χ2n) is 12.6. The number of ether oxygens (including phenoxy) is 2. The van der Waals surface area contributed by atoms with Crippen molar-refractivity contribution in [2.24, 2.45) is 88.3 Å². The minimum absolute atomic E-state index is 0.0766. The molecular weight excluding hydrogens is 384 g/mol. The lowest BCUT2D eigenvalue weighted by Crippen LogP contribution is -2.50. The number of methoxy groups -OCH3 is 1. The smallest absolute Gasteiger partial charge is 0.315 e. The molecule has 8 aliphatic rings. The third-order valence-corrected chi connectivity index (χ3v) is 12.9. The lowest BCUT2D eigenvalue weighted by atomic mass is 9.62. The summed E-state index contributed by atoms with van der Waals surface area (Å²) in [5, 5.41) is 0. The Morgan fingerprint density at radius 1 is 0.774 bits per heavy atom. The van der Waals surface area contributed by atoms with Crippen molar-refractivity contribution in [3.8, 4) is 5.75 Å². The molecule has 1 aromatic carbocycles. The average molecular weight is 417 g/mol. The van der Waals surface area contributed by atoms with Gasteiger partial charge in [0.05, 0.1) is 7.11 Å². The third kappa shape index (κ3) is 1.53. The number of rotatable bonds is 4. The summed E-state index contributed by atoms with van der Waals surface area (Å²) in [6.45, 7) is 0.543. The predicted octanol–water partition coefficient (Wildman–Crippen LogP) is 4.52. The first-order chi connectivity index (χ1) is 15.3. The number of para-hydroxylation sites is 1. The molecule has 162 valence electrons. The molecule has 8 fully saturated rings. The topological polar surface area (TPSA) is 35.5 Å². The van der Waals surface area contributed by atoms with Gasteiger partial charge >= 0.3 is 5.97 Å². The van der Waals surface area contributed by atoms with Crippen LogP contribution in [0, 0.1) is 88.3 Å². The van der Waals surface area contributed by atoms with E-state index in [-0.39, 0.29) is 5.97 Å². The summed E-state index contributed by atoms with van der Waals surface area (Å²) in [7, 11) is 1.64. The molecule has 0 saturated heterocycles. The molecule has 0 N–H and O–H groups in total. The standard InChI is InChI=1S/C28H32O3/c1-30-27(29)28(11-31-12-5-3-2-4-6-12)25-15-9-7-13-17-14-8-10-16-19(14)22-20(17)21(18(13)15)23(25)24(22)26(16)28/h2-6,13-26H,7-11H2,1H3/t13-,14+,15-,16-,17?,18+,19-,20?,21+,22-,23-,24+,25-,26-,28?/m1/s1. The van der Waals surface area contributed by atoms with E-state index in [9.17, 15) is 4.79 Å². The summed E-state index contributed by atoms with van der Waals surface area (Å²) < 4.78 is 12.2. The van der Waals surface area contributed by atoms with Crippen molar-refractivity contribution in [2.45, 2.75) is 25.7 Å². The van der Waals surface area contributed by atoms with Gasteiger partial charge in [-0.3, -0.25) is 4.79 Å². The van der Waals surface area contributed by atoms with E-state index in [1.54, 1.807) is 7.11 Å². The van der Waals surface area contributed by atoms with Crippen LogP contribution in [0.1, 0.15) is 25.7 Å². The Balaban J connectivity index is 1.25. The van der Waals surface area contributed by atoms with Crippen LogP contribution >= 0.6 is 0 Å². The van der Waals surface area contributed by atoms with Gasteiger partial charge in [-0.15, -0.1) is 0 Å². The van der Waals surface area contributed by atoms with Gasteiger partial charge in [-0.05, 0) is 121 Å². The van der Waals surface area contributed by atoms with Gasteiger partial charge in [0, 0.05) is 0 Å². The van der Waals surface area contributed by atoms with Crippen LogP contribution < -0.4 is 4.74 Å². The van der Waals surface area contributed by atoms with Crippen LogP contribution in [-0.4, -0.2) is 19.7 Å². The highest BCUT2D eigenvalue weighted by Crippen LogP contribution is 2.90. The second kappa shape index (κ2) is 5.18. The zero-order valence-corrected chi connectivity index (χ0v) is 18.2. The summed E-state index contributed by atoms with van der Waals surface area (Å²) in [6, 6.07) is 10.2. The largest absolute Gasteiger partial charge is 0.492 e. The van der Waals surface area contributed by atoms with Crippen LogP contribution in [0.4, 0.5) is 0 Å². The Morgan fingerprint density at radius 3 is 1.87 bits per heavy atom. The Hall–Kier alpha value is -1.51. The van der Waals surface area contributed by atoms with Crippen LogP contribution in [0.15, 0.2) is 30.3 Å². The maximum atomic E-state index is 13.9. The summed E-state index contributed by atoms with van der Waals surface area (Å²) in [5.41, 5.74) is -0.409. The van der Waals surface area contributed by atoms with Crippen molar-refractivity contribution >= 4 is 5.97 Å². The molecule has 3 unspecified atom stereocenters. The molecule has 0 aromatic heterocycles. The molecule has 0 bridgehead atoms. The van der Waals surface area contributed by atoms with Crippen molar-refractivity contribution in [3.05, 3.63) is 30.3 Å². The molecule has 31 heavy (non-hydrogen) atoms. The molecular formula is C28H32O3. The Morgan fingerprint density at radius 2 is 1.29 bits per heavy atom. The maximum absolute atomic E-state index is 13.9. The number of hydrogen-bond donors (Lipinski definition) is 0. The van der Waals surface area contributed by atoms with Crippen LogP contribution in [0.25, 0.3) is 0 Å². The first-order valence-corrected chi connectivity index (χ1v) is 13.0. The van der Waals surface area contributed by atoms with E-state index in [1.807, 2.05) is 30.3 Å². The highest BCUT2D eigenvalue weighted by Gasteiger charge is 2.89. The van der Waals surface area contributed by atoms with Crippen molar-refractivity contribution in [3.63, 3.8) is 0 Å². The fourth-order valence-corrected chi connectivity index (χ4v) is 13.4. The summed E-state index contributed by atoms with van der Waals surface area (Å²) in [5.74, 6) is 13.0. The highest BCUT2D eigenvalue weighted by atomic mass is 16.5. The van der Waals surface area contributed by atoms with Gasteiger partial charge in [0.15, 0.2) is 0 Å². The van der Waals surface area contributed by atoms with Crippen LogP contribution in [0.5, 0.6) is 5.75 Å². The Kier molecular flexibility index (Phi) is 2.84. The maximum Gasteiger partial charge on any atom is 0.315 e. The minimum atomic E-state index is -0.409. The molecule has 8 saturated carbocycles. The Bertz CT molecular complexity index is 941. The van der Waals surface area contributed by atoms with Gasteiger partial charge in [-0.25, -0.2) is 0 Å². The molecule has 3 nitrogen and oxygen atoms in total. The van der Waals surface area contributed by atoms with Crippen LogP contribution in [0.3, 0.4) is 0 Å². The van der Waals surface area contributed by atoms with E-state index in [0.717, 1.165) is 76.8 Å². The summed E-state index contributed by atoms with van der Waals surface area (Å²) >= 11 is 0. The van der Waals surface area contributed by atoms with E-state index in [0.29, 0.717) is 18.4 Å². The quantitative estimate of drug-likeness (QED) is 0.677. The molecule has 0 amide bonds. The fraction of sp³-hybridized carbons (Fsp3) is 0.750. The molecule has 9 rings (SSSR count). The summed E-state index contributed by atoms with van der Waals surface area (Å²) in [6.07, 6.45) is 5.63. The van der Waals surface area contributed by atoms with E-state index >= 15 is 0 Å². The monoisotopic (exact) mass is 416 g/mol. The Labute approximate surface area is 184 Å². The summed E-state index contributed by atoms with van der Waals surface area (Å²) in [4.78, 5) is 13.9. The molecule has 8 aliphatic carbocycles. The number of esters is 1. The van der Waals surface area contributed by atoms with Gasteiger partial charge < -0.3 is 9.47 Å². The zero-order chi connectivity index (χ0) is 20.2. The molecule has 0 aliphatic heterocycles. The molecule has 1 aromatic rings. The number of carbonyl (C=O) groups excluding carboxylic acids is 1. The molecule has 0 radical (unpaired) electrons. The lowest BCUT2D eigenvalue weighted by molar-refractivity contribution is -0.165. The van der Waals surface area contributed by atoms with E-state index in [4.69, 9.17) is 9.47 Å². The van der Waals surface area contributed by atoms with Gasteiger partial charge in [-0.1, -0.05) is 18.2 Å². The zero-order valence-electron chi connectivity index (χ0n) is 18.2. The molecule has 15 atom stereocenters. The van der Waals surface area contributed by atoms with Crippen LogP contribution in [-0.2, 0) is 9.53 Å². The SMILES string of the molecule is COC(=O)C1(COc2ccccc2)[C@@H]2[C@@H]3CC[C@@H]4C5C6[C@H]7[C@H]8[C@@H](CC[C@@H]58)[C@@H]1[C@@H]7[C@H]2[C@H]6[C@H]34. The van der Waals surface area contributed by atoms with E-state index in [2.05, 4.69) is 0 Å². The van der Waals surface area contributed by atoms with Crippen molar-refractivity contribution < 1.29 is 14.3 Å². The van der Waals surface area contributed by atoms with Crippen molar-refractivity contribution in [1.82, 2.24) is 0 Å². The third-order valence-electron chi connectivity index (χ3n) is 12.9. The van der Waals surface area contributed by atoms with Gasteiger partial charge in [0.2, 0.25) is 0 Å². The molecule has 0 heterocycles. The number of benzene rings is 1. The van der Waals surface area contributed by atoms with E-state index in [1.165, 1.54) is 25.7 Å². The average Bonchev–Trinajstić information content (AvgIpc) is 3.58. The first-order valence-electron chi connectivity index (χ1n) is 13.0. The minimum Gasteiger partial charge on any atom is -0.492 e. The highest BCUT2D eigenvalue weighted by molar-refractivity contribution is 5.79. The van der Waals surface area contributed by atoms with E-state index < -0.39 is 5.41 Å². The van der Waals surface area contributed by atoms with Crippen molar-refractivity contribution in [2.75, 3.05) is 13.7 Å². The number of carbonyl (C=O) groups is 1. The van der Waals surface area contributed by atoms with Crippen molar-refractivity contribution in [1.29, 1.82) is 0 Å². The normalized spacial score (nSPS) is 61.6. The van der Waals surface area contributed by atoms with Gasteiger partial charge in [0.25, 0.3) is 0 Å². The predicted molar refractivity (Wildman–Crippen MR) is 114 cm³/mol. The van der Waals surface area contributed by atoms with Crippen LogP contribution in [0.2, 0.25) is 0 Å². The van der Waals surface area contributed by atoms with Gasteiger partial charge in [0.1, 0.15) is 17.8 Å². The second-order valence-corrected chi connectivity index (χ2v) is 12.6. The lowest BCUT2D eigenvalue weighted by Gasteiger charge is -2.42. The number of hydrogen-bond acceptors (Lipinski definition) is 3. The molecule has 0 spiro atoms. The molecule has 3 heteroatoms. The van der Waals surface area contributed by atoms with Gasteiger partial charge in [-0.2, -0.15) is 0 Å². The fourth-order valence-electron chi connectivity index (χ4n) is 13.4.